The third kappa shape index (κ3) is 4.14. The molecule has 0 aliphatic heterocycles. The first-order valence-corrected chi connectivity index (χ1v) is 10.9. The average Bonchev–Trinajstić information content (AvgIpc) is 2.58. The van der Waals surface area contributed by atoms with Gasteiger partial charge in [0.25, 0.3) is 5.60 Å². The molecule has 0 heterocycles. The van der Waals surface area contributed by atoms with E-state index < -0.39 is 19.9 Å². The van der Waals surface area contributed by atoms with Gasteiger partial charge in [0.05, 0.1) is 6.61 Å². The van der Waals surface area contributed by atoms with Crippen LogP contribution in [0.5, 0.6) is 0 Å². The van der Waals surface area contributed by atoms with Gasteiger partial charge in [-0.05, 0) is 37.2 Å². The van der Waals surface area contributed by atoms with Crippen LogP contribution >= 0.6 is 11.6 Å². The van der Waals surface area contributed by atoms with Gasteiger partial charge in [0.1, 0.15) is 6.07 Å². The Labute approximate surface area is 144 Å². The normalized spacial score (nSPS) is 13.9. The first-order chi connectivity index (χ1) is 10.9. The zero-order valence-electron chi connectivity index (χ0n) is 14.2. The molecule has 0 spiro atoms. The lowest BCUT2D eigenvalue weighted by atomic mass is 9.96. The Morgan fingerprint density at radius 2 is 1.70 bits per heavy atom. The van der Waals surface area contributed by atoms with Crippen LogP contribution in [0, 0.1) is 11.3 Å². The molecule has 1 aromatic rings. The summed E-state index contributed by atoms with van der Waals surface area (Å²) < 4.78 is 11.5. The maximum absolute atomic E-state index is 12.6. The largest absolute Gasteiger partial charge is 0.463 e. The van der Waals surface area contributed by atoms with Crippen molar-refractivity contribution in [2.75, 3.05) is 6.61 Å². The SMILES string of the molecule is CCOC(=O)[C@](C#N)(O[Si](CC)(CC)CC)c1ccc(Cl)cc1. The Bertz CT molecular complexity index is 558. The van der Waals surface area contributed by atoms with Crippen LogP contribution in [0.4, 0.5) is 0 Å². The van der Waals surface area contributed by atoms with Crippen molar-refractivity contribution in [1.82, 2.24) is 0 Å². The van der Waals surface area contributed by atoms with E-state index in [-0.39, 0.29) is 6.61 Å². The van der Waals surface area contributed by atoms with Crippen LogP contribution in [0.3, 0.4) is 0 Å². The molecule has 23 heavy (non-hydrogen) atoms. The van der Waals surface area contributed by atoms with Crippen LogP contribution < -0.4 is 0 Å². The monoisotopic (exact) mass is 353 g/mol. The average molecular weight is 354 g/mol. The number of hydrogen-bond acceptors (Lipinski definition) is 4. The Morgan fingerprint density at radius 3 is 2.09 bits per heavy atom. The second kappa shape index (κ2) is 8.49. The van der Waals surface area contributed by atoms with Crippen molar-refractivity contribution in [2.24, 2.45) is 0 Å². The predicted octanol–water partition coefficient (Wildman–Crippen LogP) is 4.64. The minimum Gasteiger partial charge on any atom is -0.463 e. The third-order valence-electron chi connectivity index (χ3n) is 4.27. The van der Waals surface area contributed by atoms with Crippen molar-refractivity contribution in [1.29, 1.82) is 5.26 Å². The zero-order valence-corrected chi connectivity index (χ0v) is 15.9. The van der Waals surface area contributed by atoms with Crippen LogP contribution in [0.25, 0.3) is 0 Å². The fourth-order valence-corrected chi connectivity index (χ4v) is 5.52. The molecule has 0 fully saturated rings. The van der Waals surface area contributed by atoms with E-state index in [2.05, 4.69) is 6.07 Å². The topological polar surface area (TPSA) is 59.3 Å². The molecule has 1 aromatic carbocycles. The van der Waals surface area contributed by atoms with E-state index in [0.717, 1.165) is 18.1 Å². The van der Waals surface area contributed by atoms with E-state index in [9.17, 15) is 10.1 Å². The standard InChI is InChI=1S/C17H24ClNO3Si/c1-5-21-16(20)17(13-19,14-9-11-15(18)12-10-14)22-23(6-2,7-3)8-4/h9-12H,5-8H2,1-4H3/t17-/m1/s1. The quantitative estimate of drug-likeness (QED) is 0.504. The van der Waals surface area contributed by atoms with Crippen molar-refractivity contribution < 1.29 is 14.0 Å². The summed E-state index contributed by atoms with van der Waals surface area (Å²) in [7, 11) is -2.22. The van der Waals surface area contributed by atoms with Gasteiger partial charge in [0, 0.05) is 10.6 Å². The number of benzene rings is 1. The summed E-state index contributed by atoms with van der Waals surface area (Å²) in [6.07, 6.45) is 0. The maximum atomic E-state index is 12.6. The summed E-state index contributed by atoms with van der Waals surface area (Å²) in [6, 6.07) is 11.2. The van der Waals surface area contributed by atoms with Crippen LogP contribution in [0.15, 0.2) is 24.3 Å². The van der Waals surface area contributed by atoms with Crippen molar-refractivity contribution in [3.63, 3.8) is 0 Å². The van der Waals surface area contributed by atoms with Crippen LogP contribution in [-0.4, -0.2) is 20.9 Å². The van der Waals surface area contributed by atoms with Gasteiger partial charge in [0.2, 0.25) is 0 Å². The summed E-state index contributed by atoms with van der Waals surface area (Å²) in [5.74, 6) is -0.656. The number of ether oxygens (including phenoxy) is 1. The number of esters is 1. The fourth-order valence-electron chi connectivity index (χ4n) is 2.56. The summed E-state index contributed by atoms with van der Waals surface area (Å²) in [5, 5.41) is 10.4. The Hall–Kier alpha value is -1.35. The van der Waals surface area contributed by atoms with Gasteiger partial charge in [-0.2, -0.15) is 5.26 Å². The highest BCUT2D eigenvalue weighted by Crippen LogP contribution is 2.36. The lowest BCUT2D eigenvalue weighted by molar-refractivity contribution is -0.158. The van der Waals surface area contributed by atoms with Gasteiger partial charge in [-0.15, -0.1) is 0 Å². The number of halogens is 1. The van der Waals surface area contributed by atoms with Crippen molar-refractivity contribution in [2.45, 2.75) is 51.4 Å². The Morgan fingerprint density at radius 1 is 1.17 bits per heavy atom. The van der Waals surface area contributed by atoms with E-state index in [4.69, 9.17) is 20.8 Å². The zero-order chi connectivity index (χ0) is 17.5. The highest BCUT2D eigenvalue weighted by atomic mass is 35.5. The van der Waals surface area contributed by atoms with E-state index in [1.807, 2.05) is 20.8 Å². The lowest BCUT2D eigenvalue weighted by Gasteiger charge is -2.36. The Balaban J connectivity index is 3.44. The van der Waals surface area contributed by atoms with E-state index >= 15 is 0 Å². The van der Waals surface area contributed by atoms with E-state index in [1.54, 1.807) is 31.2 Å². The molecule has 0 saturated heterocycles. The van der Waals surface area contributed by atoms with Crippen LogP contribution in [0.1, 0.15) is 33.3 Å². The molecule has 4 nitrogen and oxygen atoms in total. The molecule has 0 bridgehead atoms. The fraction of sp³-hybridized carbons (Fsp3) is 0.529. The minimum atomic E-state index is -2.22. The van der Waals surface area contributed by atoms with Gasteiger partial charge in [-0.1, -0.05) is 44.5 Å². The van der Waals surface area contributed by atoms with E-state index in [1.165, 1.54) is 0 Å². The lowest BCUT2D eigenvalue weighted by Crippen LogP contribution is -2.50. The predicted molar refractivity (Wildman–Crippen MR) is 93.7 cm³/mol. The third-order valence-corrected chi connectivity index (χ3v) is 9.13. The summed E-state index contributed by atoms with van der Waals surface area (Å²) in [5.41, 5.74) is -1.26. The smallest absolute Gasteiger partial charge is 0.357 e. The molecule has 126 valence electrons. The minimum absolute atomic E-state index is 0.193. The second-order valence-electron chi connectivity index (χ2n) is 5.37. The summed E-state index contributed by atoms with van der Waals surface area (Å²) in [4.78, 5) is 12.6. The molecule has 0 N–H and O–H groups in total. The van der Waals surface area contributed by atoms with Gasteiger partial charge in [-0.3, -0.25) is 0 Å². The molecule has 0 saturated carbocycles. The van der Waals surface area contributed by atoms with Gasteiger partial charge in [-0.25, -0.2) is 4.79 Å². The van der Waals surface area contributed by atoms with Crippen molar-refractivity contribution in [3.8, 4) is 6.07 Å². The maximum Gasteiger partial charge on any atom is 0.357 e. The van der Waals surface area contributed by atoms with Crippen molar-refractivity contribution >= 4 is 25.9 Å². The highest BCUT2D eigenvalue weighted by molar-refractivity contribution is 6.73. The molecule has 0 aliphatic rings. The molecule has 0 radical (unpaired) electrons. The van der Waals surface area contributed by atoms with E-state index in [0.29, 0.717) is 10.6 Å². The van der Waals surface area contributed by atoms with Gasteiger partial charge >= 0.3 is 5.97 Å². The second-order valence-corrected chi connectivity index (χ2v) is 10.5. The number of carbonyl (C=O) groups excluding carboxylic acids is 1. The molecular formula is C17H24ClNO3Si. The number of carbonyl (C=O) groups is 1. The van der Waals surface area contributed by atoms with Crippen LogP contribution in [0.2, 0.25) is 23.2 Å². The van der Waals surface area contributed by atoms with Crippen LogP contribution in [-0.2, 0) is 19.6 Å². The molecule has 1 rings (SSSR count). The molecule has 0 amide bonds. The Kier molecular flexibility index (Phi) is 7.27. The highest BCUT2D eigenvalue weighted by Gasteiger charge is 2.49. The first kappa shape index (κ1) is 19.7. The summed E-state index contributed by atoms with van der Waals surface area (Å²) >= 11 is 5.93. The number of nitriles is 1. The number of hydrogen-bond donors (Lipinski definition) is 0. The van der Waals surface area contributed by atoms with Gasteiger partial charge in [0.15, 0.2) is 8.32 Å². The molecular weight excluding hydrogens is 330 g/mol. The molecule has 0 unspecified atom stereocenters. The molecule has 1 atom stereocenters. The first-order valence-electron chi connectivity index (χ1n) is 7.98. The van der Waals surface area contributed by atoms with Gasteiger partial charge < -0.3 is 9.16 Å². The molecule has 0 aromatic heterocycles. The molecule has 6 heteroatoms. The van der Waals surface area contributed by atoms with Crippen molar-refractivity contribution in [3.05, 3.63) is 34.9 Å². The molecule has 0 aliphatic carbocycles. The summed E-state index contributed by atoms with van der Waals surface area (Å²) in [6.45, 7) is 8.06. The number of nitrogens with zero attached hydrogens (tertiary/aromatic N) is 1. The number of rotatable bonds is 8.